The summed E-state index contributed by atoms with van der Waals surface area (Å²) in [5.74, 6) is 1.54. The minimum absolute atomic E-state index is 0.0191. The maximum Gasteiger partial charge on any atom is 0.246 e. The zero-order chi connectivity index (χ0) is 20.8. The molecule has 0 saturated heterocycles. The van der Waals surface area contributed by atoms with E-state index in [9.17, 15) is 4.79 Å². The van der Waals surface area contributed by atoms with E-state index < -0.39 is 0 Å². The van der Waals surface area contributed by atoms with Crippen LogP contribution in [0.25, 0.3) is 11.4 Å². The molecule has 3 rings (SSSR count). The Morgan fingerprint density at radius 3 is 2.45 bits per heavy atom. The summed E-state index contributed by atoms with van der Waals surface area (Å²) in [6, 6.07) is 15.3. The van der Waals surface area contributed by atoms with Gasteiger partial charge in [0.15, 0.2) is 11.5 Å². The molecule has 0 aliphatic rings. The van der Waals surface area contributed by atoms with Crippen molar-refractivity contribution < 1.29 is 14.3 Å². The van der Waals surface area contributed by atoms with Crippen molar-refractivity contribution in [2.45, 2.75) is 33.0 Å². The van der Waals surface area contributed by atoms with Crippen LogP contribution in [0.3, 0.4) is 0 Å². The van der Waals surface area contributed by atoms with Gasteiger partial charge in [0.1, 0.15) is 6.54 Å². The first kappa shape index (κ1) is 20.3. The third kappa shape index (κ3) is 4.90. The van der Waals surface area contributed by atoms with Crippen LogP contribution in [0.2, 0.25) is 0 Å². The number of carbonyl (C=O) groups is 1. The lowest BCUT2D eigenvalue weighted by Crippen LogP contribution is -2.39. The Hall–Kier alpha value is -3.42. The number of ether oxygens (including phenoxy) is 2. The van der Waals surface area contributed by atoms with Crippen LogP contribution >= 0.6 is 0 Å². The third-order valence-corrected chi connectivity index (χ3v) is 4.51. The van der Waals surface area contributed by atoms with Gasteiger partial charge in [-0.1, -0.05) is 30.3 Å². The number of aromatic nitrogens is 4. The number of amides is 1. The second-order valence-corrected chi connectivity index (χ2v) is 6.81. The molecule has 152 valence electrons. The molecule has 8 heteroatoms. The Bertz CT molecular complexity index is 956. The number of rotatable bonds is 8. The summed E-state index contributed by atoms with van der Waals surface area (Å²) in [7, 11) is 3.14. The highest BCUT2D eigenvalue weighted by molar-refractivity contribution is 5.76. The van der Waals surface area contributed by atoms with Crippen LogP contribution in [0.1, 0.15) is 19.4 Å². The van der Waals surface area contributed by atoms with E-state index in [1.54, 1.807) is 31.3 Å². The van der Waals surface area contributed by atoms with Crippen LogP contribution in [-0.2, 0) is 17.9 Å². The van der Waals surface area contributed by atoms with Crippen molar-refractivity contribution in [3.63, 3.8) is 0 Å². The Morgan fingerprint density at radius 2 is 1.79 bits per heavy atom. The predicted octanol–water partition coefficient (Wildman–Crippen LogP) is 2.79. The first-order chi connectivity index (χ1) is 14.0. The van der Waals surface area contributed by atoms with E-state index in [1.165, 1.54) is 4.80 Å². The number of hydrogen-bond acceptors (Lipinski definition) is 6. The van der Waals surface area contributed by atoms with Gasteiger partial charge in [-0.15, -0.1) is 10.2 Å². The summed E-state index contributed by atoms with van der Waals surface area (Å²) >= 11 is 0. The van der Waals surface area contributed by atoms with Crippen molar-refractivity contribution in [1.29, 1.82) is 0 Å². The molecule has 0 radical (unpaired) electrons. The number of hydrogen-bond donors (Lipinski definition) is 0. The van der Waals surface area contributed by atoms with Gasteiger partial charge in [-0.2, -0.15) is 4.80 Å². The summed E-state index contributed by atoms with van der Waals surface area (Å²) in [4.78, 5) is 16.0. The molecule has 0 N–H and O–H groups in total. The van der Waals surface area contributed by atoms with E-state index >= 15 is 0 Å². The van der Waals surface area contributed by atoms with Crippen LogP contribution in [-0.4, -0.2) is 51.3 Å². The van der Waals surface area contributed by atoms with Crippen LogP contribution < -0.4 is 9.47 Å². The monoisotopic (exact) mass is 395 g/mol. The van der Waals surface area contributed by atoms with E-state index in [0.717, 1.165) is 11.1 Å². The summed E-state index contributed by atoms with van der Waals surface area (Å²) in [5.41, 5.74) is 1.80. The van der Waals surface area contributed by atoms with Crippen LogP contribution in [0.15, 0.2) is 48.5 Å². The minimum atomic E-state index is -0.0693. The standard InChI is InChI=1S/C21H25N5O3/c1-15(2)25(13-16-8-6-5-7-9-16)20(27)14-26-23-21(22-24-26)17-10-11-18(28-3)19(12-17)29-4/h5-12,15H,13-14H2,1-4H3. The number of carbonyl (C=O) groups excluding carboxylic acids is 1. The summed E-state index contributed by atoms with van der Waals surface area (Å²) in [5, 5.41) is 12.5. The fourth-order valence-electron chi connectivity index (χ4n) is 2.95. The number of tetrazole rings is 1. The minimum Gasteiger partial charge on any atom is -0.493 e. The lowest BCUT2D eigenvalue weighted by Gasteiger charge is -2.26. The van der Waals surface area contributed by atoms with Gasteiger partial charge in [0, 0.05) is 18.2 Å². The van der Waals surface area contributed by atoms with Crippen molar-refractivity contribution in [3.05, 3.63) is 54.1 Å². The number of benzene rings is 2. The second-order valence-electron chi connectivity index (χ2n) is 6.81. The zero-order valence-corrected chi connectivity index (χ0v) is 17.1. The van der Waals surface area contributed by atoms with Crippen LogP contribution in [0.4, 0.5) is 0 Å². The van der Waals surface area contributed by atoms with Gasteiger partial charge < -0.3 is 14.4 Å². The van der Waals surface area contributed by atoms with Crippen molar-refractivity contribution in [2.24, 2.45) is 0 Å². The van der Waals surface area contributed by atoms with Crippen molar-refractivity contribution >= 4 is 5.91 Å². The maximum atomic E-state index is 12.8. The van der Waals surface area contributed by atoms with Crippen molar-refractivity contribution in [3.8, 4) is 22.9 Å². The molecule has 0 atom stereocenters. The van der Waals surface area contributed by atoms with E-state index in [-0.39, 0.29) is 18.5 Å². The first-order valence-corrected chi connectivity index (χ1v) is 9.35. The van der Waals surface area contributed by atoms with Gasteiger partial charge in [-0.3, -0.25) is 4.79 Å². The summed E-state index contributed by atoms with van der Waals surface area (Å²) in [6.45, 7) is 4.54. The molecule has 0 aliphatic heterocycles. The molecule has 0 unspecified atom stereocenters. The van der Waals surface area contributed by atoms with Gasteiger partial charge in [0.25, 0.3) is 0 Å². The predicted molar refractivity (Wildman–Crippen MR) is 108 cm³/mol. The van der Waals surface area contributed by atoms with Gasteiger partial charge in [0.2, 0.25) is 11.7 Å². The SMILES string of the molecule is COc1ccc(-c2nnn(CC(=O)N(Cc3ccccc3)C(C)C)n2)cc1OC. The molecule has 0 fully saturated rings. The third-order valence-electron chi connectivity index (χ3n) is 4.51. The average molecular weight is 395 g/mol. The van der Waals surface area contributed by atoms with Gasteiger partial charge in [-0.05, 0) is 42.8 Å². The topological polar surface area (TPSA) is 82.4 Å². The summed E-state index contributed by atoms with van der Waals surface area (Å²) < 4.78 is 10.6. The zero-order valence-electron chi connectivity index (χ0n) is 17.1. The molecule has 0 bridgehead atoms. The van der Waals surface area contributed by atoms with E-state index in [1.807, 2.05) is 50.2 Å². The molecule has 2 aromatic carbocycles. The molecule has 0 saturated carbocycles. The fraction of sp³-hybridized carbons (Fsp3) is 0.333. The molecule has 8 nitrogen and oxygen atoms in total. The molecule has 1 aromatic heterocycles. The second kappa shape index (κ2) is 9.18. The Labute approximate surface area is 170 Å². The Kier molecular flexibility index (Phi) is 6.43. The average Bonchev–Trinajstić information content (AvgIpc) is 3.20. The molecule has 0 spiro atoms. The van der Waals surface area contributed by atoms with Gasteiger partial charge in [0.05, 0.1) is 14.2 Å². The number of methoxy groups -OCH3 is 2. The molecule has 0 aliphatic carbocycles. The lowest BCUT2D eigenvalue weighted by molar-refractivity contribution is -0.134. The van der Waals surface area contributed by atoms with Crippen LogP contribution in [0, 0.1) is 0 Å². The van der Waals surface area contributed by atoms with Crippen LogP contribution in [0.5, 0.6) is 11.5 Å². The van der Waals surface area contributed by atoms with Gasteiger partial charge >= 0.3 is 0 Å². The Balaban J connectivity index is 1.74. The molecule has 1 amide bonds. The highest BCUT2D eigenvalue weighted by Crippen LogP contribution is 2.30. The quantitative estimate of drug-likeness (QED) is 0.583. The first-order valence-electron chi connectivity index (χ1n) is 9.35. The molecular weight excluding hydrogens is 370 g/mol. The maximum absolute atomic E-state index is 12.8. The normalized spacial score (nSPS) is 10.8. The molecular formula is C21H25N5O3. The van der Waals surface area contributed by atoms with E-state index in [4.69, 9.17) is 9.47 Å². The highest BCUT2D eigenvalue weighted by atomic mass is 16.5. The fourth-order valence-corrected chi connectivity index (χ4v) is 2.95. The molecule has 1 heterocycles. The smallest absolute Gasteiger partial charge is 0.246 e. The van der Waals surface area contributed by atoms with Gasteiger partial charge in [-0.25, -0.2) is 0 Å². The molecule has 3 aromatic rings. The lowest BCUT2D eigenvalue weighted by atomic mass is 10.2. The Morgan fingerprint density at radius 1 is 1.07 bits per heavy atom. The van der Waals surface area contributed by atoms with Crippen molar-refractivity contribution in [2.75, 3.05) is 14.2 Å². The number of nitrogens with zero attached hydrogens (tertiary/aromatic N) is 5. The highest BCUT2D eigenvalue weighted by Gasteiger charge is 2.19. The van der Waals surface area contributed by atoms with E-state index in [2.05, 4.69) is 15.4 Å². The largest absolute Gasteiger partial charge is 0.493 e. The van der Waals surface area contributed by atoms with Crippen molar-refractivity contribution in [1.82, 2.24) is 25.1 Å². The summed E-state index contributed by atoms with van der Waals surface area (Å²) in [6.07, 6.45) is 0. The molecule has 29 heavy (non-hydrogen) atoms. The van der Waals surface area contributed by atoms with E-state index in [0.29, 0.717) is 23.9 Å².